The molecule has 0 atom stereocenters. The first kappa shape index (κ1) is 14.7. The largest absolute Gasteiger partial charge is 0.350 e. The molecule has 1 aromatic heterocycles. The Morgan fingerprint density at radius 1 is 1.44 bits per heavy atom. The molecule has 0 radical (unpaired) electrons. The third-order valence-electron chi connectivity index (χ3n) is 3.48. The van der Waals surface area contributed by atoms with Crippen molar-refractivity contribution < 1.29 is 4.79 Å². The molecular formula is C13H24N4O. The molecular weight excluding hydrogens is 228 g/mol. The number of amides is 1. The quantitative estimate of drug-likeness (QED) is 0.796. The second-order valence-electron chi connectivity index (χ2n) is 4.67. The summed E-state index contributed by atoms with van der Waals surface area (Å²) < 4.78 is 1.77. The zero-order valence-corrected chi connectivity index (χ0v) is 11.8. The van der Waals surface area contributed by atoms with Gasteiger partial charge in [0.15, 0.2) is 0 Å². The van der Waals surface area contributed by atoms with E-state index >= 15 is 0 Å². The first-order valence-corrected chi connectivity index (χ1v) is 6.55. The van der Waals surface area contributed by atoms with Crippen molar-refractivity contribution >= 4 is 5.91 Å². The van der Waals surface area contributed by atoms with Gasteiger partial charge in [-0.05, 0) is 19.3 Å². The van der Waals surface area contributed by atoms with Gasteiger partial charge in [-0.25, -0.2) is 0 Å². The minimum atomic E-state index is -0.755. The Kier molecular flexibility index (Phi) is 4.90. The molecule has 5 heteroatoms. The van der Waals surface area contributed by atoms with Crippen LogP contribution in [0.15, 0.2) is 6.20 Å². The number of nitrogens with one attached hydrogen (secondary N) is 1. The molecule has 0 unspecified atom stereocenters. The smallest absolute Gasteiger partial charge is 0.240 e. The number of aromatic nitrogens is 2. The fourth-order valence-electron chi connectivity index (χ4n) is 1.95. The van der Waals surface area contributed by atoms with Gasteiger partial charge in [-0.1, -0.05) is 20.8 Å². The predicted molar refractivity (Wildman–Crippen MR) is 71.9 cm³/mol. The summed E-state index contributed by atoms with van der Waals surface area (Å²) >= 11 is 0. The average Bonchev–Trinajstić information content (AvgIpc) is 2.75. The molecule has 0 aromatic carbocycles. The van der Waals surface area contributed by atoms with E-state index < -0.39 is 5.54 Å². The summed E-state index contributed by atoms with van der Waals surface area (Å²) in [5, 5.41) is 7.26. The van der Waals surface area contributed by atoms with Crippen LogP contribution in [0.1, 0.15) is 44.9 Å². The van der Waals surface area contributed by atoms with Crippen LogP contribution in [0.3, 0.4) is 0 Å². The van der Waals surface area contributed by atoms with Gasteiger partial charge < -0.3 is 11.1 Å². The Morgan fingerprint density at radius 2 is 2.06 bits per heavy atom. The maximum absolute atomic E-state index is 12.0. The molecule has 0 aliphatic rings. The van der Waals surface area contributed by atoms with E-state index in [0.29, 0.717) is 19.4 Å². The number of hydrogen-bond donors (Lipinski definition) is 2. The van der Waals surface area contributed by atoms with Crippen molar-refractivity contribution in [2.75, 3.05) is 0 Å². The average molecular weight is 252 g/mol. The molecule has 3 N–H and O–H groups in total. The number of nitrogens with zero attached hydrogens (tertiary/aromatic N) is 2. The van der Waals surface area contributed by atoms with Crippen LogP contribution in [0.2, 0.25) is 0 Å². The monoisotopic (exact) mass is 252 g/mol. The van der Waals surface area contributed by atoms with E-state index in [1.165, 1.54) is 0 Å². The molecule has 0 bridgehead atoms. The topological polar surface area (TPSA) is 72.9 Å². The summed E-state index contributed by atoms with van der Waals surface area (Å²) in [6.45, 7) is 6.42. The summed E-state index contributed by atoms with van der Waals surface area (Å²) in [5.41, 5.74) is 7.37. The highest BCUT2D eigenvalue weighted by atomic mass is 16.2. The van der Waals surface area contributed by atoms with E-state index in [0.717, 1.165) is 17.7 Å². The fraction of sp³-hybridized carbons (Fsp3) is 0.692. The van der Waals surface area contributed by atoms with Crippen molar-refractivity contribution in [3.8, 4) is 0 Å². The van der Waals surface area contributed by atoms with Crippen molar-refractivity contribution in [3.63, 3.8) is 0 Å². The normalized spacial score (nSPS) is 11.6. The van der Waals surface area contributed by atoms with Gasteiger partial charge in [0.1, 0.15) is 0 Å². The van der Waals surface area contributed by atoms with Crippen molar-refractivity contribution in [1.82, 2.24) is 15.1 Å². The van der Waals surface area contributed by atoms with Crippen LogP contribution in [0.4, 0.5) is 0 Å². The number of hydrogen-bond acceptors (Lipinski definition) is 3. The summed E-state index contributed by atoms with van der Waals surface area (Å²) in [6, 6.07) is 0. The summed E-state index contributed by atoms with van der Waals surface area (Å²) in [4.78, 5) is 12.0. The molecule has 1 aromatic rings. The second kappa shape index (κ2) is 6.00. The third-order valence-corrected chi connectivity index (χ3v) is 3.48. The van der Waals surface area contributed by atoms with Crippen LogP contribution in [-0.2, 0) is 24.8 Å². The zero-order chi connectivity index (χ0) is 13.8. The third kappa shape index (κ3) is 3.10. The SMILES string of the molecule is CCc1nn(C)cc1CNC(=O)C(N)(CC)CC. The van der Waals surface area contributed by atoms with Gasteiger partial charge in [-0.15, -0.1) is 0 Å². The molecule has 0 spiro atoms. The fourth-order valence-corrected chi connectivity index (χ4v) is 1.95. The van der Waals surface area contributed by atoms with Gasteiger partial charge in [0, 0.05) is 25.4 Å². The van der Waals surface area contributed by atoms with Crippen molar-refractivity contribution in [1.29, 1.82) is 0 Å². The molecule has 0 saturated carbocycles. The van der Waals surface area contributed by atoms with E-state index in [9.17, 15) is 4.79 Å². The van der Waals surface area contributed by atoms with E-state index in [4.69, 9.17) is 5.73 Å². The summed E-state index contributed by atoms with van der Waals surface area (Å²) in [7, 11) is 1.88. The number of nitrogens with two attached hydrogens (primary N) is 1. The van der Waals surface area contributed by atoms with Gasteiger partial charge >= 0.3 is 0 Å². The molecule has 102 valence electrons. The highest BCUT2D eigenvalue weighted by Crippen LogP contribution is 2.12. The van der Waals surface area contributed by atoms with E-state index in [2.05, 4.69) is 17.3 Å². The molecule has 0 saturated heterocycles. The van der Waals surface area contributed by atoms with E-state index in [1.54, 1.807) is 4.68 Å². The van der Waals surface area contributed by atoms with Crippen LogP contribution >= 0.6 is 0 Å². The number of carbonyl (C=O) groups excluding carboxylic acids is 1. The Balaban J connectivity index is 2.67. The summed E-state index contributed by atoms with van der Waals surface area (Å²) in [5.74, 6) is -0.0848. The Morgan fingerprint density at radius 3 is 2.56 bits per heavy atom. The lowest BCUT2D eigenvalue weighted by molar-refractivity contribution is -0.126. The number of carbonyl (C=O) groups is 1. The standard InChI is InChI=1S/C13H24N4O/c1-5-11-10(9-17(4)16-11)8-15-12(18)13(14,6-2)7-3/h9H,5-8,14H2,1-4H3,(H,15,18). The van der Waals surface area contributed by atoms with E-state index in [1.807, 2.05) is 27.1 Å². The minimum absolute atomic E-state index is 0.0848. The lowest BCUT2D eigenvalue weighted by Gasteiger charge is -2.25. The second-order valence-corrected chi connectivity index (χ2v) is 4.67. The molecule has 0 aliphatic heterocycles. The molecule has 18 heavy (non-hydrogen) atoms. The Labute approximate surface area is 109 Å². The Hall–Kier alpha value is -1.36. The maximum Gasteiger partial charge on any atom is 0.240 e. The van der Waals surface area contributed by atoms with Crippen LogP contribution < -0.4 is 11.1 Å². The minimum Gasteiger partial charge on any atom is -0.350 e. The maximum atomic E-state index is 12.0. The number of rotatable bonds is 6. The Bertz CT molecular complexity index is 407. The van der Waals surface area contributed by atoms with Crippen molar-refractivity contribution in [2.45, 2.75) is 52.1 Å². The number of aryl methyl sites for hydroxylation is 2. The first-order chi connectivity index (χ1) is 8.46. The first-order valence-electron chi connectivity index (χ1n) is 6.55. The van der Waals surface area contributed by atoms with Crippen molar-refractivity contribution in [2.24, 2.45) is 12.8 Å². The molecule has 0 fully saturated rings. The highest BCUT2D eigenvalue weighted by Gasteiger charge is 2.29. The van der Waals surface area contributed by atoms with Crippen LogP contribution in [-0.4, -0.2) is 21.2 Å². The molecule has 1 rings (SSSR count). The highest BCUT2D eigenvalue weighted by molar-refractivity contribution is 5.85. The van der Waals surface area contributed by atoms with Crippen molar-refractivity contribution in [3.05, 3.63) is 17.5 Å². The van der Waals surface area contributed by atoms with E-state index in [-0.39, 0.29) is 5.91 Å². The van der Waals surface area contributed by atoms with Gasteiger partial charge in [0.05, 0.1) is 11.2 Å². The van der Waals surface area contributed by atoms with Crippen LogP contribution in [0.5, 0.6) is 0 Å². The lowest BCUT2D eigenvalue weighted by Crippen LogP contribution is -2.52. The van der Waals surface area contributed by atoms with Gasteiger partial charge in [-0.2, -0.15) is 5.10 Å². The molecule has 0 aliphatic carbocycles. The van der Waals surface area contributed by atoms with Gasteiger partial charge in [-0.3, -0.25) is 9.48 Å². The molecule has 1 amide bonds. The van der Waals surface area contributed by atoms with Gasteiger partial charge in [0.25, 0.3) is 0 Å². The van der Waals surface area contributed by atoms with Crippen LogP contribution in [0.25, 0.3) is 0 Å². The molecule has 1 heterocycles. The summed E-state index contributed by atoms with van der Waals surface area (Å²) in [6.07, 6.45) is 4.09. The lowest BCUT2D eigenvalue weighted by atomic mass is 9.93. The molecule has 5 nitrogen and oxygen atoms in total. The predicted octanol–water partition coefficient (Wildman–Crippen LogP) is 1.12. The van der Waals surface area contributed by atoms with Gasteiger partial charge in [0.2, 0.25) is 5.91 Å². The zero-order valence-electron chi connectivity index (χ0n) is 11.8. The van der Waals surface area contributed by atoms with Crippen LogP contribution in [0, 0.1) is 0 Å².